The van der Waals surface area contributed by atoms with Crippen LogP contribution >= 0.6 is 0 Å². The second-order valence-corrected chi connectivity index (χ2v) is 15.0. The molecule has 51 heavy (non-hydrogen) atoms. The molecule has 0 heterocycles. The Morgan fingerprint density at radius 2 is 0.647 bits per heavy atom. The molecule has 0 bridgehead atoms. The first-order valence-corrected chi connectivity index (χ1v) is 22.2. The molecule has 0 saturated heterocycles. The van der Waals surface area contributed by atoms with Gasteiger partial charge in [0.15, 0.2) is 6.10 Å². The van der Waals surface area contributed by atoms with Gasteiger partial charge >= 0.3 is 17.9 Å². The van der Waals surface area contributed by atoms with Gasteiger partial charge in [-0.1, -0.05) is 187 Å². The average Bonchev–Trinajstić information content (AvgIpc) is 3.13. The largest absolute Gasteiger partial charge is 0.462 e. The van der Waals surface area contributed by atoms with Gasteiger partial charge in [-0.3, -0.25) is 14.4 Å². The van der Waals surface area contributed by atoms with E-state index in [2.05, 4.69) is 32.9 Å². The minimum Gasteiger partial charge on any atom is -0.462 e. The van der Waals surface area contributed by atoms with Gasteiger partial charge in [-0.2, -0.15) is 0 Å². The molecule has 0 spiro atoms. The van der Waals surface area contributed by atoms with E-state index in [4.69, 9.17) is 14.2 Å². The third-order valence-corrected chi connectivity index (χ3v) is 9.77. The van der Waals surface area contributed by atoms with Crippen LogP contribution in [-0.2, 0) is 28.6 Å². The smallest absolute Gasteiger partial charge is 0.306 e. The van der Waals surface area contributed by atoms with Crippen LogP contribution in [0.1, 0.15) is 239 Å². The SMILES string of the molecule is CCCCC/C=C\CCCCCCCC(=O)OC(COC(=O)CCCCCCCC)COC(=O)CCCCCCCCCCCCCCCCC. The summed E-state index contributed by atoms with van der Waals surface area (Å²) in [6.45, 7) is 6.55. The first kappa shape index (κ1) is 49.1. The van der Waals surface area contributed by atoms with E-state index < -0.39 is 6.10 Å². The van der Waals surface area contributed by atoms with E-state index in [9.17, 15) is 14.4 Å². The molecular weight excluding hydrogens is 636 g/mol. The average molecular weight is 721 g/mol. The summed E-state index contributed by atoms with van der Waals surface area (Å²) in [4.78, 5) is 37.5. The Morgan fingerprint density at radius 3 is 1.02 bits per heavy atom. The lowest BCUT2D eigenvalue weighted by atomic mass is 10.0. The molecule has 0 amide bonds. The van der Waals surface area contributed by atoms with Crippen molar-refractivity contribution in [1.29, 1.82) is 0 Å². The van der Waals surface area contributed by atoms with Gasteiger partial charge in [0, 0.05) is 19.3 Å². The lowest BCUT2D eigenvalue weighted by Gasteiger charge is -2.18. The van der Waals surface area contributed by atoms with Crippen molar-refractivity contribution in [2.24, 2.45) is 0 Å². The van der Waals surface area contributed by atoms with Crippen molar-refractivity contribution in [3.05, 3.63) is 12.2 Å². The second kappa shape index (κ2) is 40.9. The molecule has 0 fully saturated rings. The summed E-state index contributed by atoms with van der Waals surface area (Å²) >= 11 is 0. The fourth-order valence-corrected chi connectivity index (χ4v) is 6.38. The number of unbranched alkanes of at least 4 members (excludes halogenated alkanes) is 27. The number of carbonyl (C=O) groups is 3. The van der Waals surface area contributed by atoms with Crippen molar-refractivity contribution < 1.29 is 28.6 Å². The molecule has 6 nitrogen and oxygen atoms in total. The minimum absolute atomic E-state index is 0.0699. The van der Waals surface area contributed by atoms with Crippen molar-refractivity contribution in [1.82, 2.24) is 0 Å². The van der Waals surface area contributed by atoms with Crippen LogP contribution in [0.15, 0.2) is 12.2 Å². The van der Waals surface area contributed by atoms with Crippen LogP contribution in [0.2, 0.25) is 0 Å². The zero-order valence-corrected chi connectivity index (χ0v) is 34.1. The molecule has 0 saturated carbocycles. The van der Waals surface area contributed by atoms with Crippen molar-refractivity contribution in [2.75, 3.05) is 13.2 Å². The maximum atomic E-state index is 12.6. The number of allylic oxidation sites excluding steroid dienone is 2. The Kier molecular flexibility index (Phi) is 39.4. The molecule has 0 aromatic rings. The van der Waals surface area contributed by atoms with Crippen LogP contribution in [0.25, 0.3) is 0 Å². The van der Waals surface area contributed by atoms with Gasteiger partial charge in [0.05, 0.1) is 0 Å². The molecule has 0 aliphatic heterocycles. The monoisotopic (exact) mass is 721 g/mol. The van der Waals surface area contributed by atoms with E-state index in [1.165, 1.54) is 135 Å². The van der Waals surface area contributed by atoms with Crippen LogP contribution < -0.4 is 0 Å². The number of hydrogen-bond donors (Lipinski definition) is 0. The molecule has 300 valence electrons. The highest BCUT2D eigenvalue weighted by Gasteiger charge is 2.19. The number of esters is 3. The van der Waals surface area contributed by atoms with Crippen molar-refractivity contribution in [2.45, 2.75) is 245 Å². The molecule has 0 aromatic heterocycles. The van der Waals surface area contributed by atoms with Crippen LogP contribution in [0, 0.1) is 0 Å². The van der Waals surface area contributed by atoms with Gasteiger partial charge in [-0.15, -0.1) is 0 Å². The first-order chi connectivity index (χ1) is 25.0. The molecule has 0 radical (unpaired) electrons. The van der Waals surface area contributed by atoms with E-state index >= 15 is 0 Å². The van der Waals surface area contributed by atoms with Gasteiger partial charge in [0.1, 0.15) is 13.2 Å². The van der Waals surface area contributed by atoms with Crippen LogP contribution in [-0.4, -0.2) is 37.2 Å². The summed E-state index contributed by atoms with van der Waals surface area (Å²) in [6.07, 6.45) is 42.1. The maximum Gasteiger partial charge on any atom is 0.306 e. The first-order valence-electron chi connectivity index (χ1n) is 22.2. The summed E-state index contributed by atoms with van der Waals surface area (Å²) in [5.74, 6) is -0.883. The van der Waals surface area contributed by atoms with Crippen LogP contribution in [0.3, 0.4) is 0 Å². The molecule has 6 heteroatoms. The topological polar surface area (TPSA) is 78.9 Å². The fraction of sp³-hybridized carbons (Fsp3) is 0.889. The van der Waals surface area contributed by atoms with Crippen molar-refractivity contribution in [3.8, 4) is 0 Å². The lowest BCUT2D eigenvalue weighted by Crippen LogP contribution is -2.30. The predicted octanol–water partition coefficient (Wildman–Crippen LogP) is 13.9. The summed E-state index contributed by atoms with van der Waals surface area (Å²) in [5.41, 5.74) is 0. The fourth-order valence-electron chi connectivity index (χ4n) is 6.38. The highest BCUT2D eigenvalue weighted by atomic mass is 16.6. The van der Waals surface area contributed by atoms with E-state index in [1.54, 1.807) is 0 Å². The molecular formula is C45H84O6. The molecule has 0 rings (SSSR count). The molecule has 0 aliphatic rings. The highest BCUT2D eigenvalue weighted by molar-refractivity contribution is 5.71. The zero-order chi connectivity index (χ0) is 37.3. The molecule has 1 atom stereocenters. The summed E-state index contributed by atoms with van der Waals surface area (Å²) in [7, 11) is 0. The summed E-state index contributed by atoms with van der Waals surface area (Å²) < 4.78 is 16.6. The Balaban J connectivity index is 4.24. The molecule has 0 aliphatic carbocycles. The third kappa shape index (κ3) is 39.2. The maximum absolute atomic E-state index is 12.6. The van der Waals surface area contributed by atoms with E-state index in [0.717, 1.165) is 64.2 Å². The Morgan fingerprint density at radius 1 is 0.373 bits per heavy atom. The Labute approximate surface area is 316 Å². The standard InChI is InChI=1S/C45H84O6/c1-4-7-10-13-16-18-20-22-23-24-26-27-29-32-35-38-44(47)50-41-42(40-49-43(46)37-34-31-15-12-9-6-3)51-45(48)39-36-33-30-28-25-21-19-17-14-11-8-5-2/h17,19,42H,4-16,18,20-41H2,1-3H3/b19-17-. The molecule has 0 aromatic carbocycles. The number of carbonyl (C=O) groups excluding carboxylic acids is 3. The third-order valence-electron chi connectivity index (χ3n) is 9.77. The van der Waals surface area contributed by atoms with Gasteiger partial charge in [0.25, 0.3) is 0 Å². The van der Waals surface area contributed by atoms with Gasteiger partial charge in [-0.05, 0) is 44.9 Å². The van der Waals surface area contributed by atoms with Gasteiger partial charge < -0.3 is 14.2 Å². The van der Waals surface area contributed by atoms with E-state index in [-0.39, 0.29) is 31.1 Å². The number of hydrogen-bond acceptors (Lipinski definition) is 6. The minimum atomic E-state index is -0.764. The van der Waals surface area contributed by atoms with Crippen molar-refractivity contribution >= 4 is 17.9 Å². The molecule has 1 unspecified atom stereocenters. The van der Waals surface area contributed by atoms with Crippen molar-refractivity contribution in [3.63, 3.8) is 0 Å². The second-order valence-electron chi connectivity index (χ2n) is 15.0. The summed E-state index contributed by atoms with van der Waals surface area (Å²) in [6, 6.07) is 0. The highest BCUT2D eigenvalue weighted by Crippen LogP contribution is 2.15. The lowest BCUT2D eigenvalue weighted by molar-refractivity contribution is -0.167. The van der Waals surface area contributed by atoms with Gasteiger partial charge in [-0.25, -0.2) is 0 Å². The quantitative estimate of drug-likeness (QED) is 0.0271. The van der Waals surface area contributed by atoms with E-state index in [0.29, 0.717) is 19.3 Å². The van der Waals surface area contributed by atoms with E-state index in [1.807, 2.05) is 0 Å². The molecule has 0 N–H and O–H groups in total. The predicted molar refractivity (Wildman–Crippen MR) is 215 cm³/mol. The summed E-state index contributed by atoms with van der Waals surface area (Å²) in [5, 5.41) is 0. The van der Waals surface area contributed by atoms with Gasteiger partial charge in [0.2, 0.25) is 0 Å². The Bertz CT molecular complexity index is 794. The number of ether oxygens (including phenoxy) is 3. The number of rotatable bonds is 40. The zero-order valence-electron chi connectivity index (χ0n) is 34.1. The Hall–Kier alpha value is -1.85. The van der Waals surface area contributed by atoms with Crippen LogP contribution in [0.5, 0.6) is 0 Å². The van der Waals surface area contributed by atoms with Crippen LogP contribution in [0.4, 0.5) is 0 Å². The normalized spacial score (nSPS) is 12.0.